The zero-order chi connectivity index (χ0) is 30.3. The molecule has 3 unspecified atom stereocenters. The molecule has 2 fully saturated rings. The minimum atomic E-state index is -0.917. The molecule has 0 spiro atoms. The highest BCUT2D eigenvalue weighted by atomic mass is 16.7. The zero-order valence-corrected chi connectivity index (χ0v) is 24.6. The van der Waals surface area contributed by atoms with Gasteiger partial charge < -0.3 is 33.7 Å². The van der Waals surface area contributed by atoms with Gasteiger partial charge in [-0.1, -0.05) is 36.9 Å². The van der Waals surface area contributed by atoms with E-state index in [0.29, 0.717) is 48.6 Å². The minimum Gasteiger partial charge on any atom is -0.490 e. The van der Waals surface area contributed by atoms with Gasteiger partial charge in [0.25, 0.3) is 5.91 Å². The van der Waals surface area contributed by atoms with Gasteiger partial charge in [-0.2, -0.15) is 0 Å². The Balaban J connectivity index is 1.52. The lowest BCUT2D eigenvalue weighted by molar-refractivity contribution is -0.226. The highest BCUT2D eigenvalue weighted by Gasteiger charge is 2.48. The second-order valence-electron chi connectivity index (χ2n) is 11.1. The summed E-state index contributed by atoms with van der Waals surface area (Å²) in [6.07, 6.45) is 5.70. The van der Waals surface area contributed by atoms with Crippen LogP contribution in [-0.4, -0.2) is 84.4 Å². The third kappa shape index (κ3) is 7.11. The van der Waals surface area contributed by atoms with Crippen LogP contribution in [0.3, 0.4) is 0 Å². The van der Waals surface area contributed by atoms with Gasteiger partial charge in [0.15, 0.2) is 12.5 Å². The lowest BCUT2D eigenvalue weighted by Gasteiger charge is -2.43. The van der Waals surface area contributed by atoms with E-state index in [4.69, 9.17) is 23.7 Å². The van der Waals surface area contributed by atoms with Gasteiger partial charge in [-0.25, -0.2) is 9.69 Å². The maximum atomic E-state index is 14.1. The third-order valence-electron chi connectivity index (χ3n) is 8.19. The quantitative estimate of drug-likeness (QED) is 0.394. The van der Waals surface area contributed by atoms with E-state index >= 15 is 0 Å². The van der Waals surface area contributed by atoms with E-state index in [9.17, 15) is 19.5 Å². The number of hydrogen-bond donors (Lipinski definition) is 1. The van der Waals surface area contributed by atoms with Gasteiger partial charge >= 0.3 is 12.1 Å². The van der Waals surface area contributed by atoms with Crippen molar-refractivity contribution < 1.29 is 43.2 Å². The summed E-state index contributed by atoms with van der Waals surface area (Å²) in [6, 6.07) is 6.78. The van der Waals surface area contributed by atoms with Gasteiger partial charge in [-0.3, -0.25) is 9.59 Å². The Kier molecular flexibility index (Phi) is 10.2. The number of rotatable bonds is 10. The van der Waals surface area contributed by atoms with Crippen LogP contribution in [0.15, 0.2) is 60.0 Å². The molecule has 11 nitrogen and oxygen atoms in total. The first kappa shape index (κ1) is 30.8. The molecule has 2 saturated heterocycles. The largest absolute Gasteiger partial charge is 0.490 e. The molecule has 0 bridgehead atoms. The smallest absolute Gasteiger partial charge is 0.416 e. The highest BCUT2D eigenvalue weighted by Crippen LogP contribution is 2.39. The molecule has 0 aromatic heterocycles. The van der Waals surface area contributed by atoms with E-state index in [1.807, 2.05) is 11.0 Å². The summed E-state index contributed by atoms with van der Waals surface area (Å²) in [4.78, 5) is 42.4. The maximum absolute atomic E-state index is 14.1. The van der Waals surface area contributed by atoms with Crippen LogP contribution >= 0.6 is 0 Å². The summed E-state index contributed by atoms with van der Waals surface area (Å²) < 4.78 is 30.1. The number of ether oxygens (including phenoxy) is 5. The molecule has 1 aliphatic carbocycles. The summed E-state index contributed by atoms with van der Waals surface area (Å²) in [7, 11) is 1.55. The Hall–Kier alpha value is -3.67. The Morgan fingerprint density at radius 1 is 1.16 bits per heavy atom. The lowest BCUT2D eigenvalue weighted by Crippen LogP contribution is -2.56. The molecule has 1 N–H and O–H groups in total. The van der Waals surface area contributed by atoms with Crippen LogP contribution in [-0.2, 0) is 46.3 Å². The van der Waals surface area contributed by atoms with E-state index in [2.05, 4.69) is 6.58 Å². The predicted molar refractivity (Wildman–Crippen MR) is 154 cm³/mol. The first-order chi connectivity index (χ1) is 20.9. The SMILES string of the molecule is C=CCOC(=O)N1C2=C(CC(OC)C(OCc3cccc(CC(=O)O)c3)=C2)C(=O)N2CCCC[C@H]2C1OC1CCCCO1. The van der Waals surface area contributed by atoms with Crippen molar-refractivity contribution in [1.82, 2.24) is 9.80 Å². The molecule has 11 heteroatoms. The standard InChI is InChI=1S/C32H40N2O9/c1-3-14-41-32(38)34-25-19-27(42-20-22-10-8-9-21(16-22)17-28(35)36)26(39-2)18-23(25)30(37)33-13-6-4-11-24(33)31(34)43-29-12-5-7-15-40-29/h3,8-10,16,19,24,26,29,31H,1,4-7,11-15,17-18,20H2,2H3,(H,35,36)/t24-,26?,29?,31?/m0/s1. The van der Waals surface area contributed by atoms with Crippen molar-refractivity contribution in [2.45, 2.75) is 82.6 Å². The number of aliphatic carboxylic acids is 1. The summed E-state index contributed by atoms with van der Waals surface area (Å²) in [5.74, 6) is -0.637. The number of carboxylic acid groups (broad SMARTS) is 1. The number of allylic oxidation sites excluding steroid dienone is 1. The van der Waals surface area contributed by atoms with Gasteiger partial charge in [0.1, 0.15) is 25.1 Å². The van der Waals surface area contributed by atoms with Crippen molar-refractivity contribution in [3.05, 3.63) is 71.2 Å². The van der Waals surface area contributed by atoms with E-state index < -0.39 is 30.7 Å². The van der Waals surface area contributed by atoms with Crippen LogP contribution in [0.5, 0.6) is 0 Å². The fourth-order valence-corrected chi connectivity index (χ4v) is 6.14. The van der Waals surface area contributed by atoms with Gasteiger partial charge in [-0.05, 0) is 49.7 Å². The molecular weight excluding hydrogens is 556 g/mol. The molecule has 0 radical (unpaired) electrons. The normalized spacial score (nSPS) is 25.7. The van der Waals surface area contributed by atoms with Crippen LogP contribution < -0.4 is 0 Å². The van der Waals surface area contributed by atoms with Crippen LogP contribution in [0.2, 0.25) is 0 Å². The Morgan fingerprint density at radius 3 is 2.72 bits per heavy atom. The van der Waals surface area contributed by atoms with Crippen LogP contribution in [0.1, 0.15) is 56.1 Å². The minimum absolute atomic E-state index is 0.00657. The number of methoxy groups -OCH3 is 1. The molecule has 2 amide bonds. The maximum Gasteiger partial charge on any atom is 0.416 e. The number of fused-ring (bicyclic) bond motifs is 1. The first-order valence-corrected chi connectivity index (χ1v) is 14.9. The Labute approximate surface area is 251 Å². The van der Waals surface area contributed by atoms with Crippen LogP contribution in [0.4, 0.5) is 4.79 Å². The molecule has 1 aromatic rings. The molecule has 43 heavy (non-hydrogen) atoms. The van der Waals surface area contributed by atoms with Crippen molar-refractivity contribution in [2.24, 2.45) is 0 Å². The molecule has 5 rings (SSSR count). The molecule has 4 aliphatic rings. The summed E-state index contributed by atoms with van der Waals surface area (Å²) in [6.45, 7) is 4.93. The number of hydrogen-bond acceptors (Lipinski definition) is 8. The van der Waals surface area contributed by atoms with Crippen molar-refractivity contribution >= 4 is 18.0 Å². The Bertz CT molecular complexity index is 1270. The van der Waals surface area contributed by atoms with Gasteiger partial charge in [-0.15, -0.1) is 0 Å². The second kappa shape index (κ2) is 14.2. The van der Waals surface area contributed by atoms with Gasteiger partial charge in [0, 0.05) is 38.3 Å². The fraction of sp³-hybridized carbons (Fsp3) is 0.531. The molecule has 232 valence electrons. The van der Waals surface area contributed by atoms with Gasteiger partial charge in [0.05, 0.1) is 18.2 Å². The third-order valence-corrected chi connectivity index (χ3v) is 8.19. The molecule has 0 saturated carbocycles. The summed E-state index contributed by atoms with van der Waals surface area (Å²) in [5, 5.41) is 9.18. The van der Waals surface area contributed by atoms with Gasteiger partial charge in [0.2, 0.25) is 0 Å². The molecular formula is C32H40N2O9. The van der Waals surface area contributed by atoms with E-state index in [1.165, 1.54) is 11.0 Å². The average molecular weight is 597 g/mol. The molecule has 3 heterocycles. The first-order valence-electron chi connectivity index (χ1n) is 14.9. The summed E-state index contributed by atoms with van der Waals surface area (Å²) >= 11 is 0. The number of benzene rings is 1. The highest BCUT2D eigenvalue weighted by molar-refractivity contribution is 5.97. The van der Waals surface area contributed by atoms with Crippen molar-refractivity contribution in [3.8, 4) is 0 Å². The fourth-order valence-electron chi connectivity index (χ4n) is 6.14. The monoisotopic (exact) mass is 596 g/mol. The van der Waals surface area contributed by atoms with Crippen LogP contribution in [0.25, 0.3) is 0 Å². The number of carboxylic acids is 1. The number of amides is 2. The average Bonchev–Trinajstić information content (AvgIpc) is 3.11. The number of nitrogens with zero attached hydrogens (tertiary/aromatic N) is 2. The number of carbonyl (C=O) groups is 3. The van der Waals surface area contributed by atoms with Crippen molar-refractivity contribution in [3.63, 3.8) is 0 Å². The predicted octanol–water partition coefficient (Wildman–Crippen LogP) is 4.28. The molecule has 3 aliphatic heterocycles. The number of carbonyl (C=O) groups excluding carboxylic acids is 2. The van der Waals surface area contributed by atoms with Crippen LogP contribution in [0, 0.1) is 0 Å². The second-order valence-corrected chi connectivity index (χ2v) is 11.1. The van der Waals surface area contributed by atoms with Crippen molar-refractivity contribution in [1.29, 1.82) is 0 Å². The van der Waals surface area contributed by atoms with E-state index in [-0.39, 0.29) is 38.0 Å². The molecule has 4 atom stereocenters. The zero-order valence-electron chi connectivity index (χ0n) is 24.6. The lowest BCUT2D eigenvalue weighted by atomic mass is 9.95. The van der Waals surface area contributed by atoms with E-state index in [0.717, 1.165) is 31.2 Å². The van der Waals surface area contributed by atoms with Crippen molar-refractivity contribution in [2.75, 3.05) is 26.9 Å². The summed E-state index contributed by atoms with van der Waals surface area (Å²) in [5.41, 5.74) is 2.23. The Morgan fingerprint density at radius 2 is 1.98 bits per heavy atom. The topological polar surface area (TPSA) is 124 Å². The molecule has 1 aromatic carbocycles. The van der Waals surface area contributed by atoms with E-state index in [1.54, 1.807) is 31.4 Å². The number of piperidine rings is 1.